The molecule has 0 unspecified atom stereocenters. The quantitative estimate of drug-likeness (QED) is 0.834. The number of thiazole rings is 1. The minimum atomic E-state index is -0.632. The summed E-state index contributed by atoms with van der Waals surface area (Å²) in [4.78, 5) is 27.3. The van der Waals surface area contributed by atoms with Gasteiger partial charge in [0.15, 0.2) is 5.13 Å². The molecule has 5 nitrogen and oxygen atoms in total. The number of anilines is 1. The summed E-state index contributed by atoms with van der Waals surface area (Å²) in [6, 6.07) is 0.136. The fourth-order valence-corrected chi connectivity index (χ4v) is 2.93. The zero-order valence-corrected chi connectivity index (χ0v) is 11.8. The molecule has 1 heterocycles. The first-order valence-corrected chi connectivity index (χ1v) is 7.58. The Hall–Kier alpha value is -1.43. The number of rotatable bonds is 3. The number of hydrogen-bond acceptors (Lipinski definition) is 4. The Morgan fingerprint density at radius 1 is 1.32 bits per heavy atom. The third-order valence-electron chi connectivity index (χ3n) is 3.62. The molecule has 0 spiro atoms. The van der Waals surface area contributed by atoms with E-state index in [9.17, 15) is 9.59 Å². The van der Waals surface area contributed by atoms with Crippen LogP contribution < -0.4 is 10.6 Å². The Bertz CT molecular complexity index is 425. The van der Waals surface area contributed by atoms with Crippen LogP contribution in [0.3, 0.4) is 0 Å². The van der Waals surface area contributed by atoms with E-state index < -0.39 is 11.8 Å². The summed E-state index contributed by atoms with van der Waals surface area (Å²) in [5.41, 5.74) is 0. The first-order chi connectivity index (χ1) is 9.19. The predicted molar refractivity (Wildman–Crippen MR) is 74.9 cm³/mol. The smallest absolute Gasteiger partial charge is 0.315 e. The van der Waals surface area contributed by atoms with E-state index in [0.717, 1.165) is 31.6 Å². The Morgan fingerprint density at radius 3 is 2.63 bits per heavy atom. The molecule has 2 N–H and O–H groups in total. The molecule has 0 bridgehead atoms. The van der Waals surface area contributed by atoms with Crippen LogP contribution in [0.1, 0.15) is 39.0 Å². The molecule has 0 atom stereocenters. The second kappa shape index (κ2) is 6.65. The summed E-state index contributed by atoms with van der Waals surface area (Å²) in [5, 5.41) is 7.49. The highest BCUT2D eigenvalue weighted by Crippen LogP contribution is 2.26. The van der Waals surface area contributed by atoms with E-state index >= 15 is 0 Å². The van der Waals surface area contributed by atoms with E-state index in [4.69, 9.17) is 0 Å². The Kier molecular flexibility index (Phi) is 4.90. The molecule has 104 valence electrons. The minimum Gasteiger partial charge on any atom is -0.345 e. The van der Waals surface area contributed by atoms with Crippen molar-refractivity contribution >= 4 is 28.3 Å². The topological polar surface area (TPSA) is 71.1 Å². The van der Waals surface area contributed by atoms with Gasteiger partial charge in [-0.3, -0.25) is 14.9 Å². The van der Waals surface area contributed by atoms with Crippen LogP contribution in [0.25, 0.3) is 0 Å². The molecule has 2 amide bonds. The van der Waals surface area contributed by atoms with E-state index in [1.165, 1.54) is 17.8 Å². The number of nitrogens with one attached hydrogen (secondary N) is 2. The molecule has 19 heavy (non-hydrogen) atoms. The van der Waals surface area contributed by atoms with Gasteiger partial charge in [0.05, 0.1) is 0 Å². The lowest BCUT2D eigenvalue weighted by molar-refractivity contribution is -0.136. The lowest BCUT2D eigenvalue weighted by Gasteiger charge is -2.28. The van der Waals surface area contributed by atoms with Gasteiger partial charge in [0, 0.05) is 17.6 Å². The van der Waals surface area contributed by atoms with Crippen molar-refractivity contribution in [2.45, 2.75) is 45.1 Å². The van der Waals surface area contributed by atoms with Gasteiger partial charge in [0.2, 0.25) is 0 Å². The maximum atomic E-state index is 11.7. The third kappa shape index (κ3) is 4.02. The zero-order valence-electron chi connectivity index (χ0n) is 11.0. The lowest BCUT2D eigenvalue weighted by atomic mass is 9.84. The molecular formula is C13H19N3O2S. The summed E-state index contributed by atoms with van der Waals surface area (Å²) in [7, 11) is 0. The molecule has 6 heteroatoms. The Labute approximate surface area is 116 Å². The highest BCUT2D eigenvalue weighted by atomic mass is 32.1. The van der Waals surface area contributed by atoms with Crippen molar-refractivity contribution < 1.29 is 9.59 Å². The molecule has 1 aromatic rings. The van der Waals surface area contributed by atoms with E-state index in [2.05, 4.69) is 22.5 Å². The molecule has 0 aliphatic heterocycles. The lowest BCUT2D eigenvalue weighted by Crippen LogP contribution is -2.43. The van der Waals surface area contributed by atoms with Crippen molar-refractivity contribution in [2.75, 3.05) is 5.32 Å². The minimum absolute atomic E-state index is 0.136. The average molecular weight is 281 g/mol. The normalized spacial score (nSPS) is 22.8. The van der Waals surface area contributed by atoms with Gasteiger partial charge in [0.1, 0.15) is 0 Å². The summed E-state index contributed by atoms with van der Waals surface area (Å²) >= 11 is 1.29. The number of nitrogens with zero attached hydrogens (tertiary/aromatic N) is 1. The number of amides is 2. The Morgan fingerprint density at radius 2 is 2.05 bits per heavy atom. The van der Waals surface area contributed by atoms with Crippen molar-refractivity contribution in [1.82, 2.24) is 10.3 Å². The third-order valence-corrected chi connectivity index (χ3v) is 4.31. The molecule has 2 rings (SSSR count). The van der Waals surface area contributed by atoms with E-state index in [-0.39, 0.29) is 6.04 Å². The molecule has 1 fully saturated rings. The number of carbonyl (C=O) groups excluding carboxylic acids is 2. The van der Waals surface area contributed by atoms with Crippen molar-refractivity contribution in [1.29, 1.82) is 0 Å². The molecule has 0 aromatic carbocycles. The van der Waals surface area contributed by atoms with Crippen molar-refractivity contribution in [3.05, 3.63) is 11.6 Å². The molecule has 1 aliphatic carbocycles. The van der Waals surface area contributed by atoms with Crippen LogP contribution in [0.4, 0.5) is 5.13 Å². The van der Waals surface area contributed by atoms with Crippen LogP contribution >= 0.6 is 11.3 Å². The maximum absolute atomic E-state index is 11.7. The van der Waals surface area contributed by atoms with Gasteiger partial charge in [-0.2, -0.15) is 0 Å². The van der Waals surface area contributed by atoms with Crippen LogP contribution in [0.15, 0.2) is 11.6 Å². The van der Waals surface area contributed by atoms with Crippen molar-refractivity contribution in [3.8, 4) is 0 Å². The predicted octanol–water partition coefficient (Wildman–Crippen LogP) is 2.17. The molecule has 0 saturated heterocycles. The maximum Gasteiger partial charge on any atom is 0.315 e. The fraction of sp³-hybridized carbons (Fsp3) is 0.615. The summed E-state index contributed by atoms with van der Waals surface area (Å²) < 4.78 is 0. The van der Waals surface area contributed by atoms with Crippen molar-refractivity contribution in [3.63, 3.8) is 0 Å². The van der Waals surface area contributed by atoms with Crippen LogP contribution in [-0.4, -0.2) is 22.8 Å². The van der Waals surface area contributed by atoms with E-state index in [1.807, 2.05) is 0 Å². The summed E-state index contributed by atoms with van der Waals surface area (Å²) in [5.74, 6) is -0.417. The zero-order chi connectivity index (χ0) is 13.7. The Balaban J connectivity index is 1.76. The van der Waals surface area contributed by atoms with Crippen LogP contribution in [-0.2, 0) is 9.59 Å². The van der Waals surface area contributed by atoms with Crippen LogP contribution in [0.2, 0.25) is 0 Å². The standard InChI is InChI=1S/C13H19N3O2S/c1-2-9-3-5-10(6-4-9)15-11(17)12(18)16-13-14-7-8-19-13/h7-10H,2-6H2,1H3,(H,15,17)(H,14,16,18). The van der Waals surface area contributed by atoms with Gasteiger partial charge in [0.25, 0.3) is 0 Å². The van der Waals surface area contributed by atoms with E-state index in [1.54, 1.807) is 11.6 Å². The second-order valence-electron chi connectivity index (χ2n) is 4.89. The van der Waals surface area contributed by atoms with Crippen molar-refractivity contribution in [2.24, 2.45) is 5.92 Å². The van der Waals surface area contributed by atoms with Gasteiger partial charge in [-0.15, -0.1) is 11.3 Å². The number of carbonyl (C=O) groups is 2. The molecule has 0 radical (unpaired) electrons. The monoisotopic (exact) mass is 281 g/mol. The molecule has 1 aliphatic rings. The molecule has 1 saturated carbocycles. The van der Waals surface area contributed by atoms with E-state index in [0.29, 0.717) is 5.13 Å². The van der Waals surface area contributed by atoms with Gasteiger partial charge < -0.3 is 5.32 Å². The average Bonchev–Trinajstić information content (AvgIpc) is 2.92. The van der Waals surface area contributed by atoms with Crippen LogP contribution in [0.5, 0.6) is 0 Å². The first-order valence-electron chi connectivity index (χ1n) is 6.70. The van der Waals surface area contributed by atoms with Gasteiger partial charge in [-0.1, -0.05) is 13.3 Å². The SMILES string of the molecule is CCC1CCC(NC(=O)C(=O)Nc2nccs2)CC1. The number of hydrogen-bond donors (Lipinski definition) is 2. The van der Waals surface area contributed by atoms with Crippen LogP contribution in [0, 0.1) is 5.92 Å². The second-order valence-corrected chi connectivity index (χ2v) is 5.79. The fourth-order valence-electron chi connectivity index (χ4n) is 2.41. The van der Waals surface area contributed by atoms with Gasteiger partial charge in [-0.05, 0) is 31.6 Å². The largest absolute Gasteiger partial charge is 0.345 e. The number of aromatic nitrogens is 1. The molecular weight excluding hydrogens is 262 g/mol. The highest BCUT2D eigenvalue weighted by molar-refractivity contribution is 7.13. The van der Waals surface area contributed by atoms with Gasteiger partial charge >= 0.3 is 11.8 Å². The molecule has 1 aromatic heterocycles. The summed E-state index contributed by atoms with van der Waals surface area (Å²) in [6.07, 6.45) is 6.99. The first kappa shape index (κ1) is 14.0. The van der Waals surface area contributed by atoms with Gasteiger partial charge in [-0.25, -0.2) is 4.98 Å². The summed E-state index contributed by atoms with van der Waals surface area (Å²) in [6.45, 7) is 2.20. The highest BCUT2D eigenvalue weighted by Gasteiger charge is 2.24.